The smallest absolute Gasteiger partial charge is 0.135 e. The van der Waals surface area contributed by atoms with E-state index < -0.39 is 84.3 Å². The third kappa shape index (κ3) is 5.90. The first kappa shape index (κ1) is 39.5. The van der Waals surface area contributed by atoms with Crippen LogP contribution in [0.1, 0.15) is 97.4 Å². The SMILES string of the molecule is OC[C@H]1O[C@@H](c2c(O)cc([C@H]3c4c(O)cc5c6c4[C@@H]([C@H](c4ccc(O)cc4)c4c(O)cc(O)cc4[C@H]6[C@H](c4ccc(O)cc4)O5)[C@@H]3c3ccc(O)cc3)cc2O)[C@H](O)[C@@H](O)[C@@H]1O. The summed E-state index contributed by atoms with van der Waals surface area (Å²) in [5.74, 6) is -5.31. The lowest BCUT2D eigenvalue weighted by Crippen LogP contribution is -2.55. The topological polar surface area (TPSA) is 261 Å². The molecule has 1 saturated heterocycles. The highest BCUT2D eigenvalue weighted by molar-refractivity contribution is 5.73. The standard InChI is InChI=1S/C48H42O14/c49-18-33-44(58)45(59)46(60)48(62-33)39-28(54)13-22(14-29(39)55)36-34(19-1-7-23(50)8-2-19)42-35(20-3-9-24(51)10-4-20)37-27(15-26(53)16-30(37)56)38-41-32(17-31(57)40(36)43(41)42)61-47(38)21-5-11-25(52)12-6-21/h1-17,33-36,38,42,44-60H,18H2/t33-,34-,35-,36-,38-,42-,44-,45+,46-,47+,48+/m1/s1. The zero-order valence-electron chi connectivity index (χ0n) is 32.6. The molecule has 14 heteroatoms. The van der Waals surface area contributed by atoms with E-state index in [9.17, 15) is 61.3 Å². The summed E-state index contributed by atoms with van der Waals surface area (Å²) < 4.78 is 12.5. The first-order valence-corrected chi connectivity index (χ1v) is 20.1. The largest absolute Gasteiger partial charge is 0.508 e. The van der Waals surface area contributed by atoms with Crippen LogP contribution in [0.2, 0.25) is 0 Å². The number of benzene rings is 6. The quantitative estimate of drug-likeness (QED) is 0.102. The lowest BCUT2D eigenvalue weighted by atomic mass is 9.69. The number of phenolic OH excluding ortho intramolecular Hbond substituents is 8. The number of fused-ring (bicyclic) bond motifs is 2. The predicted molar refractivity (Wildman–Crippen MR) is 219 cm³/mol. The van der Waals surface area contributed by atoms with Crippen LogP contribution in [-0.2, 0) is 4.74 Å². The van der Waals surface area contributed by atoms with Crippen molar-refractivity contribution < 1.29 is 70.8 Å². The van der Waals surface area contributed by atoms with Crippen LogP contribution in [0.15, 0.2) is 103 Å². The summed E-state index contributed by atoms with van der Waals surface area (Å²) in [5, 5.41) is 132. The maximum absolute atomic E-state index is 12.4. The van der Waals surface area contributed by atoms with E-state index in [1.165, 1.54) is 60.7 Å². The van der Waals surface area contributed by atoms with Gasteiger partial charge in [-0.25, -0.2) is 0 Å². The molecule has 0 radical (unpaired) electrons. The Morgan fingerprint density at radius 1 is 0.403 bits per heavy atom. The van der Waals surface area contributed by atoms with Gasteiger partial charge in [-0.05, 0) is 88.0 Å². The van der Waals surface area contributed by atoms with Crippen molar-refractivity contribution in [1.29, 1.82) is 0 Å². The van der Waals surface area contributed by atoms with E-state index in [4.69, 9.17) is 9.47 Å². The molecule has 12 N–H and O–H groups in total. The lowest BCUT2D eigenvalue weighted by Gasteiger charge is -2.40. The molecule has 2 heterocycles. The molecule has 10 rings (SSSR count). The summed E-state index contributed by atoms with van der Waals surface area (Å²) in [5.41, 5.74) is 4.54. The van der Waals surface area contributed by atoms with Crippen molar-refractivity contribution in [2.45, 2.75) is 66.2 Å². The number of ether oxygens (including phenoxy) is 2. The van der Waals surface area contributed by atoms with Gasteiger partial charge in [0, 0.05) is 52.5 Å². The van der Waals surface area contributed by atoms with Gasteiger partial charge >= 0.3 is 0 Å². The Hall–Kier alpha value is -6.68. The average Bonchev–Trinajstić information content (AvgIpc) is 3.75. The van der Waals surface area contributed by atoms with Crippen molar-refractivity contribution in [3.05, 3.63) is 159 Å². The maximum atomic E-state index is 12.4. The molecule has 14 nitrogen and oxygen atoms in total. The lowest BCUT2D eigenvalue weighted by molar-refractivity contribution is -0.232. The second-order valence-corrected chi connectivity index (χ2v) is 16.6. The molecule has 318 valence electrons. The monoisotopic (exact) mass is 842 g/mol. The summed E-state index contributed by atoms with van der Waals surface area (Å²) in [6.45, 7) is -0.738. The molecule has 62 heavy (non-hydrogen) atoms. The number of rotatable bonds is 6. The van der Waals surface area contributed by atoms with Crippen molar-refractivity contribution in [3.63, 3.8) is 0 Å². The minimum Gasteiger partial charge on any atom is -0.508 e. The number of hydrogen-bond acceptors (Lipinski definition) is 14. The van der Waals surface area contributed by atoms with Gasteiger partial charge in [0.15, 0.2) is 0 Å². The van der Waals surface area contributed by atoms with Gasteiger partial charge in [-0.3, -0.25) is 0 Å². The Balaban J connectivity index is 1.27. The van der Waals surface area contributed by atoms with E-state index >= 15 is 0 Å². The Bertz CT molecular complexity index is 2690. The molecule has 2 aliphatic carbocycles. The van der Waals surface area contributed by atoms with Crippen LogP contribution in [0.3, 0.4) is 0 Å². The summed E-state index contributed by atoms with van der Waals surface area (Å²) in [7, 11) is 0. The number of aromatic hydroxyl groups is 8. The van der Waals surface area contributed by atoms with Crippen molar-refractivity contribution in [3.8, 4) is 51.7 Å². The first-order valence-electron chi connectivity index (χ1n) is 20.1. The minimum absolute atomic E-state index is 0.0110. The molecular weight excluding hydrogens is 801 g/mol. The highest BCUT2D eigenvalue weighted by Gasteiger charge is 2.56. The number of aliphatic hydroxyl groups excluding tert-OH is 4. The van der Waals surface area contributed by atoms with Gasteiger partial charge in [0.2, 0.25) is 0 Å². The second-order valence-electron chi connectivity index (χ2n) is 16.6. The number of aliphatic hydroxyl groups is 4. The molecule has 1 fully saturated rings. The van der Waals surface area contributed by atoms with Crippen LogP contribution in [0.5, 0.6) is 51.7 Å². The molecule has 0 bridgehead atoms. The molecule has 11 atom stereocenters. The Kier molecular flexibility index (Phi) is 9.21. The summed E-state index contributed by atoms with van der Waals surface area (Å²) in [6, 6.07) is 26.5. The third-order valence-electron chi connectivity index (χ3n) is 13.3. The van der Waals surface area contributed by atoms with Crippen LogP contribution < -0.4 is 4.74 Å². The minimum atomic E-state index is -1.82. The van der Waals surface area contributed by atoms with E-state index in [0.717, 1.165) is 0 Å². The van der Waals surface area contributed by atoms with Gasteiger partial charge in [-0.15, -0.1) is 0 Å². The van der Waals surface area contributed by atoms with Crippen LogP contribution in [-0.4, -0.2) is 92.3 Å². The fourth-order valence-corrected chi connectivity index (χ4v) is 10.7. The summed E-state index contributed by atoms with van der Waals surface area (Å²) in [4.78, 5) is 0. The number of phenols is 8. The zero-order valence-corrected chi connectivity index (χ0v) is 32.6. The van der Waals surface area contributed by atoms with Gasteiger partial charge < -0.3 is 70.8 Å². The maximum Gasteiger partial charge on any atom is 0.135 e. The van der Waals surface area contributed by atoms with E-state index in [-0.39, 0.29) is 45.6 Å². The fraction of sp³-hybridized carbons (Fsp3) is 0.250. The van der Waals surface area contributed by atoms with Crippen molar-refractivity contribution >= 4 is 0 Å². The highest BCUT2D eigenvalue weighted by Crippen LogP contribution is 2.71. The average molecular weight is 843 g/mol. The Labute approximate surface area is 353 Å². The molecule has 0 saturated carbocycles. The van der Waals surface area contributed by atoms with Gasteiger partial charge in [0.05, 0.1) is 18.1 Å². The Morgan fingerprint density at radius 2 is 0.935 bits per heavy atom. The van der Waals surface area contributed by atoms with E-state index in [1.54, 1.807) is 42.5 Å². The van der Waals surface area contributed by atoms with Crippen molar-refractivity contribution in [2.24, 2.45) is 0 Å². The van der Waals surface area contributed by atoms with Crippen LogP contribution in [0.4, 0.5) is 0 Å². The van der Waals surface area contributed by atoms with Crippen LogP contribution >= 0.6 is 0 Å². The van der Waals surface area contributed by atoms with Crippen molar-refractivity contribution in [2.75, 3.05) is 6.61 Å². The molecule has 0 unspecified atom stereocenters. The highest BCUT2D eigenvalue weighted by atomic mass is 16.5. The predicted octanol–water partition coefficient (Wildman–Crippen LogP) is 5.27. The number of hydrogen-bond donors (Lipinski definition) is 12. The summed E-state index contributed by atoms with van der Waals surface area (Å²) >= 11 is 0. The third-order valence-corrected chi connectivity index (χ3v) is 13.3. The fourth-order valence-electron chi connectivity index (χ4n) is 10.7. The molecule has 0 aromatic heterocycles. The van der Waals surface area contributed by atoms with Gasteiger partial charge in [0.1, 0.15) is 88.4 Å². The van der Waals surface area contributed by atoms with Gasteiger partial charge in [0.25, 0.3) is 0 Å². The van der Waals surface area contributed by atoms with E-state index in [2.05, 4.69) is 0 Å². The molecule has 4 aliphatic rings. The van der Waals surface area contributed by atoms with E-state index in [0.29, 0.717) is 50.3 Å². The van der Waals surface area contributed by atoms with E-state index in [1.807, 2.05) is 0 Å². The zero-order chi connectivity index (χ0) is 43.5. The molecule has 6 aromatic rings. The van der Waals surface area contributed by atoms with Crippen LogP contribution in [0.25, 0.3) is 0 Å². The Morgan fingerprint density at radius 3 is 1.53 bits per heavy atom. The molecule has 0 spiro atoms. The normalized spacial score (nSPS) is 28.2. The molecule has 2 aliphatic heterocycles. The first-order chi connectivity index (χ1) is 29.7. The van der Waals surface area contributed by atoms with Crippen molar-refractivity contribution in [1.82, 2.24) is 0 Å². The molecular formula is C48H42O14. The summed E-state index contributed by atoms with van der Waals surface area (Å²) in [6.07, 6.45) is -9.02. The molecule has 6 aromatic carbocycles. The second kappa shape index (κ2) is 14.5. The molecule has 0 amide bonds. The van der Waals surface area contributed by atoms with Gasteiger partial charge in [-0.1, -0.05) is 36.4 Å². The van der Waals surface area contributed by atoms with Crippen LogP contribution in [0, 0.1) is 0 Å². The van der Waals surface area contributed by atoms with Gasteiger partial charge in [-0.2, -0.15) is 0 Å².